The summed E-state index contributed by atoms with van der Waals surface area (Å²) in [5.74, 6) is 4.81. The van der Waals surface area contributed by atoms with Crippen molar-refractivity contribution in [1.29, 1.82) is 0 Å². The van der Waals surface area contributed by atoms with E-state index < -0.39 is 0 Å². The Labute approximate surface area is 144 Å². The minimum absolute atomic E-state index is 0.138. The summed E-state index contributed by atoms with van der Waals surface area (Å²) >= 11 is 0. The second-order valence-electron chi connectivity index (χ2n) is 8.80. The first-order valence-electron chi connectivity index (χ1n) is 9.29. The topological polar surface area (TPSA) is 24.1 Å². The van der Waals surface area contributed by atoms with Gasteiger partial charge in [-0.15, -0.1) is 0 Å². The lowest BCUT2D eigenvalue weighted by Crippen LogP contribution is -2.86. The van der Waals surface area contributed by atoms with Crippen LogP contribution in [-0.4, -0.2) is 11.6 Å². The van der Waals surface area contributed by atoms with Crippen LogP contribution in [0.2, 0.25) is 0 Å². The van der Waals surface area contributed by atoms with E-state index in [1.54, 1.807) is 6.07 Å². The Kier molecular flexibility index (Phi) is 3.33. The molecule has 0 aromatic heterocycles. The van der Waals surface area contributed by atoms with E-state index in [1.165, 1.54) is 6.07 Å². The fourth-order valence-corrected chi connectivity index (χ4v) is 6.54. The van der Waals surface area contributed by atoms with Crippen LogP contribution in [0.25, 0.3) is 5.70 Å². The zero-order chi connectivity index (χ0) is 17.4. The lowest BCUT2D eigenvalue weighted by atomic mass is 9.23. The molecule has 3 saturated carbocycles. The predicted octanol–water partition coefficient (Wildman–Crippen LogP) is 4.74. The van der Waals surface area contributed by atoms with E-state index in [4.69, 9.17) is 0 Å². The van der Waals surface area contributed by atoms with Gasteiger partial charge in [0.2, 0.25) is 0 Å². The van der Waals surface area contributed by atoms with Gasteiger partial charge in [-0.1, -0.05) is 20.4 Å². The summed E-state index contributed by atoms with van der Waals surface area (Å²) in [7, 11) is 0. The van der Waals surface area contributed by atoms with E-state index >= 15 is 0 Å². The average Bonchev–Trinajstić information content (AvgIpc) is 2.43. The zero-order valence-electron chi connectivity index (χ0n) is 15.4. The van der Waals surface area contributed by atoms with E-state index in [2.05, 4.69) is 51.8 Å². The maximum Gasteiger partial charge on any atom is 0.125 e. The Bertz CT molecular complexity index is 666. The molecule has 4 unspecified atom stereocenters. The standard InChI is InChI=1S/C21H29FN2/c1-10(2)23-16-9-14(22)7-8-15(16)13(5)24-21(6)19-11(3)17-12(4)20(21)18(17)19/h7-12,17-20,23-24H,5H2,1-4,6H3. The van der Waals surface area contributed by atoms with Crippen LogP contribution >= 0.6 is 0 Å². The molecule has 0 radical (unpaired) electrons. The smallest absolute Gasteiger partial charge is 0.125 e. The van der Waals surface area contributed by atoms with Crippen LogP contribution in [0, 0.1) is 41.3 Å². The Balaban J connectivity index is 1.57. The minimum Gasteiger partial charge on any atom is -0.382 e. The van der Waals surface area contributed by atoms with Gasteiger partial charge in [0.25, 0.3) is 0 Å². The van der Waals surface area contributed by atoms with Crippen molar-refractivity contribution in [2.24, 2.45) is 35.5 Å². The number of halogens is 1. The van der Waals surface area contributed by atoms with Crippen molar-refractivity contribution in [3.05, 3.63) is 36.2 Å². The van der Waals surface area contributed by atoms with E-state index in [1.807, 2.05) is 6.07 Å². The first-order valence-corrected chi connectivity index (χ1v) is 9.29. The molecular formula is C21H29FN2. The largest absolute Gasteiger partial charge is 0.382 e. The van der Waals surface area contributed by atoms with Gasteiger partial charge in [0.05, 0.1) is 0 Å². The van der Waals surface area contributed by atoms with E-state index in [0.717, 1.165) is 52.5 Å². The van der Waals surface area contributed by atoms with E-state index in [-0.39, 0.29) is 17.4 Å². The maximum absolute atomic E-state index is 13.7. The van der Waals surface area contributed by atoms with E-state index in [0.29, 0.717) is 0 Å². The number of anilines is 1. The van der Waals surface area contributed by atoms with E-state index in [9.17, 15) is 4.39 Å². The van der Waals surface area contributed by atoms with Crippen LogP contribution < -0.4 is 10.6 Å². The van der Waals surface area contributed by atoms with Gasteiger partial charge < -0.3 is 10.6 Å². The monoisotopic (exact) mass is 328 g/mol. The highest BCUT2D eigenvalue weighted by molar-refractivity contribution is 5.75. The molecule has 0 aliphatic heterocycles. The molecule has 130 valence electrons. The van der Waals surface area contributed by atoms with Crippen LogP contribution in [0.4, 0.5) is 10.1 Å². The minimum atomic E-state index is -0.215. The molecule has 24 heavy (non-hydrogen) atoms. The Hall–Kier alpha value is -1.51. The fraction of sp³-hybridized carbons (Fsp3) is 0.619. The Morgan fingerprint density at radius 1 is 1.17 bits per heavy atom. The number of rotatable bonds is 5. The maximum atomic E-state index is 13.7. The molecule has 0 bridgehead atoms. The van der Waals surface area contributed by atoms with Crippen molar-refractivity contribution < 1.29 is 4.39 Å². The van der Waals surface area contributed by atoms with Gasteiger partial charge >= 0.3 is 0 Å². The number of hydrogen-bond donors (Lipinski definition) is 2. The van der Waals surface area contributed by atoms with Gasteiger partial charge in [0.1, 0.15) is 5.82 Å². The second-order valence-corrected chi connectivity index (χ2v) is 8.80. The molecule has 3 aliphatic carbocycles. The summed E-state index contributed by atoms with van der Waals surface area (Å²) < 4.78 is 13.7. The first-order chi connectivity index (χ1) is 11.3. The lowest BCUT2D eigenvalue weighted by Gasteiger charge is -2.84. The molecule has 0 spiro atoms. The molecule has 2 nitrogen and oxygen atoms in total. The molecule has 0 amide bonds. The van der Waals surface area contributed by atoms with Crippen LogP contribution in [0.1, 0.15) is 40.2 Å². The molecule has 3 aliphatic rings. The first kappa shape index (κ1) is 16.0. The lowest BCUT2D eigenvalue weighted by molar-refractivity contribution is -0.336. The van der Waals surface area contributed by atoms with Gasteiger partial charge in [-0.2, -0.15) is 0 Å². The van der Waals surface area contributed by atoms with Crippen LogP contribution in [-0.2, 0) is 0 Å². The van der Waals surface area contributed by atoms with Gasteiger partial charge in [0.15, 0.2) is 0 Å². The molecular weight excluding hydrogens is 299 g/mol. The van der Waals surface area contributed by atoms with Gasteiger partial charge in [-0.3, -0.25) is 0 Å². The molecule has 1 aromatic carbocycles. The number of hydrogen-bond acceptors (Lipinski definition) is 2. The molecule has 2 N–H and O–H groups in total. The summed E-state index contributed by atoms with van der Waals surface area (Å²) in [6.07, 6.45) is 0. The molecule has 3 heteroatoms. The van der Waals surface area contributed by atoms with Crippen molar-refractivity contribution in [1.82, 2.24) is 5.32 Å². The highest BCUT2D eigenvalue weighted by atomic mass is 19.1. The average molecular weight is 328 g/mol. The molecule has 4 rings (SSSR count). The molecule has 0 saturated heterocycles. The molecule has 3 fully saturated rings. The van der Waals surface area contributed by atoms with Crippen molar-refractivity contribution in [3.8, 4) is 0 Å². The number of benzene rings is 1. The molecule has 4 atom stereocenters. The van der Waals surface area contributed by atoms with Crippen LogP contribution in [0.15, 0.2) is 24.8 Å². The van der Waals surface area contributed by atoms with Crippen LogP contribution in [0.5, 0.6) is 0 Å². The molecule has 1 aromatic rings. The fourth-order valence-electron chi connectivity index (χ4n) is 6.54. The number of nitrogens with one attached hydrogen (secondary N) is 2. The van der Waals surface area contributed by atoms with Gasteiger partial charge in [-0.05, 0) is 74.5 Å². The normalized spacial score (nSPS) is 41.6. The van der Waals surface area contributed by atoms with Crippen molar-refractivity contribution in [2.75, 3.05) is 5.32 Å². The third kappa shape index (κ3) is 1.87. The summed E-state index contributed by atoms with van der Waals surface area (Å²) in [6.45, 7) is 15.6. The van der Waals surface area contributed by atoms with Crippen molar-refractivity contribution in [2.45, 2.75) is 46.2 Å². The van der Waals surface area contributed by atoms with Gasteiger partial charge in [-0.25, -0.2) is 4.39 Å². The highest BCUT2D eigenvalue weighted by Crippen LogP contribution is 2.79. The summed E-state index contributed by atoms with van der Waals surface area (Å²) in [5.41, 5.74) is 2.85. The summed E-state index contributed by atoms with van der Waals surface area (Å²) in [6, 6.07) is 5.18. The van der Waals surface area contributed by atoms with Crippen LogP contribution in [0.3, 0.4) is 0 Å². The Morgan fingerprint density at radius 3 is 2.33 bits per heavy atom. The third-order valence-corrected chi connectivity index (χ3v) is 7.18. The zero-order valence-corrected chi connectivity index (χ0v) is 15.4. The quantitative estimate of drug-likeness (QED) is 0.815. The third-order valence-electron chi connectivity index (χ3n) is 7.18. The van der Waals surface area contributed by atoms with Crippen molar-refractivity contribution >= 4 is 11.4 Å². The summed E-state index contributed by atoms with van der Waals surface area (Å²) in [5, 5.41) is 7.11. The van der Waals surface area contributed by atoms with Gasteiger partial charge in [0, 0.05) is 28.5 Å². The SMILES string of the molecule is C=C(NC1(C)C2C(C)C3C(C)C1C32)c1ccc(F)cc1NC(C)C. The molecule has 0 heterocycles. The Morgan fingerprint density at radius 2 is 1.79 bits per heavy atom. The highest BCUT2D eigenvalue weighted by Gasteiger charge is 2.79. The predicted molar refractivity (Wildman–Crippen MR) is 98.0 cm³/mol. The second kappa shape index (κ2) is 5.00. The summed E-state index contributed by atoms with van der Waals surface area (Å²) in [4.78, 5) is 0. The van der Waals surface area contributed by atoms with Crippen molar-refractivity contribution in [3.63, 3.8) is 0 Å².